The van der Waals surface area contributed by atoms with Gasteiger partial charge in [-0.2, -0.15) is 0 Å². The van der Waals surface area contributed by atoms with E-state index in [1.165, 1.54) is 17.2 Å². The summed E-state index contributed by atoms with van der Waals surface area (Å²) in [4.78, 5) is 11.1. The predicted octanol–water partition coefficient (Wildman–Crippen LogP) is 4.37. The minimum atomic E-state index is -0.895. The molecule has 0 aliphatic carbocycles. The van der Waals surface area contributed by atoms with E-state index >= 15 is 0 Å². The summed E-state index contributed by atoms with van der Waals surface area (Å²) in [5, 5.41) is 3.03. The lowest BCUT2D eigenvalue weighted by atomic mass is 10.00. The van der Waals surface area contributed by atoms with Crippen LogP contribution in [0, 0.1) is 18.6 Å². The second kappa shape index (κ2) is 6.71. The first-order valence-electron chi connectivity index (χ1n) is 8.48. The van der Waals surface area contributed by atoms with Gasteiger partial charge in [0, 0.05) is 30.9 Å². The molecule has 26 heavy (non-hydrogen) atoms. The summed E-state index contributed by atoms with van der Waals surface area (Å²) in [7, 11) is 0. The summed E-state index contributed by atoms with van der Waals surface area (Å²) >= 11 is 0. The summed E-state index contributed by atoms with van der Waals surface area (Å²) < 4.78 is 26.5. The third kappa shape index (κ3) is 3.35. The monoisotopic (exact) mass is 352 g/mol. The summed E-state index contributed by atoms with van der Waals surface area (Å²) in [5.74, 6) is 0.219. The first kappa shape index (κ1) is 16.4. The van der Waals surface area contributed by atoms with E-state index in [0.717, 1.165) is 37.5 Å². The smallest absolute Gasteiger partial charge is 0.160 e. The van der Waals surface area contributed by atoms with Crippen molar-refractivity contribution in [3.63, 3.8) is 0 Å². The molecule has 1 aliphatic rings. The molecule has 0 spiro atoms. The number of nitrogens with zero attached hydrogens (tertiary/aromatic N) is 3. The number of aromatic nitrogens is 2. The molecule has 3 aromatic rings. The Kier molecular flexibility index (Phi) is 4.24. The first-order chi connectivity index (χ1) is 12.6. The van der Waals surface area contributed by atoms with Crippen molar-refractivity contribution in [3.8, 4) is 0 Å². The Morgan fingerprint density at radius 1 is 0.962 bits per heavy atom. The van der Waals surface area contributed by atoms with Crippen molar-refractivity contribution in [2.75, 3.05) is 16.8 Å². The van der Waals surface area contributed by atoms with Gasteiger partial charge in [0.2, 0.25) is 0 Å². The second-order valence-electron chi connectivity index (χ2n) is 6.35. The van der Waals surface area contributed by atoms with Crippen molar-refractivity contribution >= 4 is 17.3 Å². The fourth-order valence-corrected chi connectivity index (χ4v) is 3.19. The molecule has 0 atom stereocenters. The maximum absolute atomic E-state index is 13.4. The lowest BCUT2D eigenvalue weighted by molar-refractivity contribution is 0.509. The van der Waals surface area contributed by atoms with Gasteiger partial charge in [-0.05, 0) is 36.6 Å². The molecule has 0 radical (unpaired) electrons. The normalized spacial score (nSPS) is 13.4. The van der Waals surface area contributed by atoms with Crippen LogP contribution in [-0.2, 0) is 13.0 Å². The molecular weight excluding hydrogens is 334 g/mol. The maximum Gasteiger partial charge on any atom is 0.160 e. The van der Waals surface area contributed by atoms with Gasteiger partial charge in [0.1, 0.15) is 17.5 Å². The number of halogens is 2. The summed E-state index contributed by atoms with van der Waals surface area (Å²) in [5.41, 5.74) is 3.11. The Bertz CT molecular complexity index is 958. The van der Waals surface area contributed by atoms with Crippen LogP contribution in [0.25, 0.3) is 0 Å². The number of hydrogen-bond acceptors (Lipinski definition) is 4. The highest BCUT2D eigenvalue weighted by molar-refractivity contribution is 5.60. The van der Waals surface area contributed by atoms with Gasteiger partial charge in [-0.1, -0.05) is 24.3 Å². The van der Waals surface area contributed by atoms with Crippen LogP contribution in [0.5, 0.6) is 0 Å². The van der Waals surface area contributed by atoms with Crippen molar-refractivity contribution in [2.24, 2.45) is 0 Å². The van der Waals surface area contributed by atoms with Crippen molar-refractivity contribution in [1.82, 2.24) is 9.97 Å². The van der Waals surface area contributed by atoms with Crippen LogP contribution < -0.4 is 10.2 Å². The van der Waals surface area contributed by atoms with E-state index in [1.807, 2.05) is 19.1 Å². The summed E-state index contributed by atoms with van der Waals surface area (Å²) in [6, 6.07) is 13.9. The Balaban J connectivity index is 1.59. The van der Waals surface area contributed by atoms with E-state index in [2.05, 4.69) is 38.4 Å². The maximum atomic E-state index is 13.4. The highest BCUT2D eigenvalue weighted by Gasteiger charge is 2.18. The molecule has 0 saturated heterocycles. The zero-order chi connectivity index (χ0) is 18.1. The van der Waals surface area contributed by atoms with Crippen LogP contribution in [0.2, 0.25) is 0 Å². The number of aryl methyl sites for hydroxylation is 1. The Morgan fingerprint density at radius 3 is 2.58 bits per heavy atom. The topological polar surface area (TPSA) is 41.1 Å². The fraction of sp³-hybridized carbons (Fsp3) is 0.200. The Hall–Kier alpha value is -3.02. The third-order valence-electron chi connectivity index (χ3n) is 4.47. The van der Waals surface area contributed by atoms with Crippen LogP contribution in [0.4, 0.5) is 26.1 Å². The largest absolute Gasteiger partial charge is 0.352 e. The highest BCUT2D eigenvalue weighted by atomic mass is 19.2. The van der Waals surface area contributed by atoms with Crippen molar-refractivity contribution in [3.05, 3.63) is 77.1 Å². The van der Waals surface area contributed by atoms with E-state index < -0.39 is 11.6 Å². The molecule has 2 heterocycles. The molecule has 4 rings (SSSR count). The van der Waals surface area contributed by atoms with Crippen LogP contribution >= 0.6 is 0 Å². The minimum Gasteiger partial charge on any atom is -0.352 e. The number of benzene rings is 2. The van der Waals surface area contributed by atoms with Gasteiger partial charge in [0.05, 0.1) is 0 Å². The van der Waals surface area contributed by atoms with Gasteiger partial charge in [-0.3, -0.25) is 0 Å². The van der Waals surface area contributed by atoms with Gasteiger partial charge in [-0.25, -0.2) is 18.7 Å². The van der Waals surface area contributed by atoms with E-state index in [9.17, 15) is 8.78 Å². The lowest BCUT2D eigenvalue weighted by Gasteiger charge is -2.30. The quantitative estimate of drug-likeness (QED) is 0.760. The summed E-state index contributed by atoms with van der Waals surface area (Å²) in [6.07, 6.45) is 0.963. The standard InChI is InChI=1S/C20H18F2N4/c1-13-23-19(25-16-6-7-17(21)18(22)10-16)11-20(24-13)26-9-8-14-4-2-3-5-15(14)12-26/h2-7,10-11H,8-9,12H2,1H3,(H,23,24,25). The predicted molar refractivity (Wildman–Crippen MR) is 97.6 cm³/mol. The molecule has 132 valence electrons. The Morgan fingerprint density at radius 2 is 1.77 bits per heavy atom. The van der Waals surface area contributed by atoms with Crippen molar-refractivity contribution in [1.29, 1.82) is 0 Å². The SMILES string of the molecule is Cc1nc(Nc2ccc(F)c(F)c2)cc(N2CCc3ccccc3C2)n1. The van der Waals surface area contributed by atoms with E-state index in [-0.39, 0.29) is 0 Å². The van der Waals surface area contributed by atoms with Gasteiger partial charge >= 0.3 is 0 Å². The molecule has 1 aromatic heterocycles. The van der Waals surface area contributed by atoms with Crippen LogP contribution in [-0.4, -0.2) is 16.5 Å². The van der Waals surface area contributed by atoms with E-state index in [0.29, 0.717) is 17.3 Å². The van der Waals surface area contributed by atoms with Gasteiger partial charge in [-0.15, -0.1) is 0 Å². The number of rotatable bonds is 3. The molecule has 1 aliphatic heterocycles. The molecule has 6 heteroatoms. The van der Waals surface area contributed by atoms with Gasteiger partial charge in [0.25, 0.3) is 0 Å². The van der Waals surface area contributed by atoms with Crippen molar-refractivity contribution < 1.29 is 8.78 Å². The van der Waals surface area contributed by atoms with Gasteiger partial charge < -0.3 is 10.2 Å². The van der Waals surface area contributed by atoms with E-state index in [1.54, 1.807) is 0 Å². The average molecular weight is 352 g/mol. The fourth-order valence-electron chi connectivity index (χ4n) is 3.19. The molecule has 4 nitrogen and oxygen atoms in total. The molecule has 0 unspecified atom stereocenters. The number of hydrogen-bond donors (Lipinski definition) is 1. The van der Waals surface area contributed by atoms with Crippen molar-refractivity contribution in [2.45, 2.75) is 19.9 Å². The average Bonchev–Trinajstić information content (AvgIpc) is 2.64. The zero-order valence-electron chi connectivity index (χ0n) is 14.3. The molecule has 0 fully saturated rings. The zero-order valence-corrected chi connectivity index (χ0v) is 14.3. The van der Waals surface area contributed by atoms with Crippen LogP contribution in [0.15, 0.2) is 48.5 Å². The molecular formula is C20H18F2N4. The first-order valence-corrected chi connectivity index (χ1v) is 8.48. The summed E-state index contributed by atoms with van der Waals surface area (Å²) in [6.45, 7) is 3.48. The molecule has 1 N–H and O–H groups in total. The highest BCUT2D eigenvalue weighted by Crippen LogP contribution is 2.26. The molecule has 0 amide bonds. The Labute approximate surface area is 150 Å². The number of anilines is 3. The second-order valence-corrected chi connectivity index (χ2v) is 6.35. The third-order valence-corrected chi connectivity index (χ3v) is 4.47. The lowest BCUT2D eigenvalue weighted by Crippen LogP contribution is -2.31. The molecule has 2 aromatic carbocycles. The number of nitrogens with one attached hydrogen (secondary N) is 1. The molecule has 0 saturated carbocycles. The number of fused-ring (bicyclic) bond motifs is 1. The minimum absolute atomic E-state index is 0.442. The molecule has 0 bridgehead atoms. The van der Waals surface area contributed by atoms with Gasteiger partial charge in [0.15, 0.2) is 11.6 Å². The van der Waals surface area contributed by atoms with E-state index in [4.69, 9.17) is 0 Å². The van der Waals surface area contributed by atoms with Crippen LogP contribution in [0.1, 0.15) is 17.0 Å². The van der Waals surface area contributed by atoms with Crippen LogP contribution in [0.3, 0.4) is 0 Å².